The van der Waals surface area contributed by atoms with E-state index in [9.17, 15) is 0 Å². The van der Waals surface area contributed by atoms with E-state index >= 15 is 0 Å². The lowest BCUT2D eigenvalue weighted by atomic mass is 9.88. The Morgan fingerprint density at radius 3 is 2.22 bits per heavy atom. The van der Waals surface area contributed by atoms with Crippen LogP contribution in [0.4, 0.5) is 11.6 Å². The van der Waals surface area contributed by atoms with Crippen molar-refractivity contribution in [2.24, 2.45) is 0 Å². The van der Waals surface area contributed by atoms with Gasteiger partial charge in [0.05, 0.1) is 0 Å². The smallest absolute Gasteiger partial charge is 0.141 e. The molecule has 2 aliphatic carbocycles. The molecule has 0 radical (unpaired) electrons. The van der Waals surface area contributed by atoms with Gasteiger partial charge in [0.2, 0.25) is 0 Å². The van der Waals surface area contributed by atoms with Crippen LogP contribution >= 0.6 is 11.3 Å². The highest BCUT2D eigenvalue weighted by Crippen LogP contribution is 2.31. The van der Waals surface area contributed by atoms with Crippen molar-refractivity contribution < 1.29 is 0 Å². The molecule has 1 N–H and O–H groups in total. The fraction of sp³-hybridized carbons (Fsp3) is 0.500. The highest BCUT2D eigenvalue weighted by Gasteiger charge is 2.28. The maximum Gasteiger partial charge on any atom is 0.141 e. The van der Waals surface area contributed by atoms with Gasteiger partial charge in [-0.3, -0.25) is 4.90 Å². The zero-order chi connectivity index (χ0) is 21.6. The van der Waals surface area contributed by atoms with E-state index in [0.717, 1.165) is 41.0 Å². The van der Waals surface area contributed by atoms with E-state index in [-0.39, 0.29) is 0 Å². The van der Waals surface area contributed by atoms with Crippen LogP contribution in [0.5, 0.6) is 0 Å². The van der Waals surface area contributed by atoms with Crippen LogP contribution in [-0.2, 0) is 6.54 Å². The molecule has 168 valence electrons. The Morgan fingerprint density at radius 1 is 0.844 bits per heavy atom. The van der Waals surface area contributed by atoms with Crippen molar-refractivity contribution in [3.05, 3.63) is 53.7 Å². The molecule has 0 unspecified atom stereocenters. The summed E-state index contributed by atoms with van der Waals surface area (Å²) in [4.78, 5) is 16.6. The molecule has 2 saturated carbocycles. The number of thiazole rings is 1. The lowest BCUT2D eigenvalue weighted by Gasteiger charge is -2.41. The predicted octanol–water partition coefficient (Wildman–Crippen LogP) is 6.81. The maximum absolute atomic E-state index is 4.72. The Labute approximate surface area is 195 Å². The normalized spacial score (nSPS) is 18.2. The monoisotopic (exact) mass is 447 g/mol. The molecule has 3 aromatic heterocycles. The summed E-state index contributed by atoms with van der Waals surface area (Å²) in [6.07, 6.45) is 17.7. The van der Waals surface area contributed by atoms with E-state index in [0.29, 0.717) is 0 Å². The summed E-state index contributed by atoms with van der Waals surface area (Å²) in [5.41, 5.74) is 2.20. The van der Waals surface area contributed by atoms with Crippen LogP contribution in [0.3, 0.4) is 0 Å². The lowest BCUT2D eigenvalue weighted by Crippen LogP contribution is -2.44. The van der Waals surface area contributed by atoms with Gasteiger partial charge in [-0.15, -0.1) is 11.3 Å². The summed E-state index contributed by atoms with van der Waals surface area (Å²) in [5.74, 6) is 1.63. The Bertz CT molecular complexity index is 942. The number of hydrogen-bond donors (Lipinski definition) is 1. The summed E-state index contributed by atoms with van der Waals surface area (Å²) in [7, 11) is 0. The molecule has 0 aromatic carbocycles. The Hall–Kier alpha value is -2.31. The minimum absolute atomic E-state index is 0.752. The first-order valence-electron chi connectivity index (χ1n) is 12.2. The summed E-state index contributed by atoms with van der Waals surface area (Å²) >= 11 is 1.60. The molecule has 0 amide bonds. The SMILES string of the molecule is c1cc(Nc2ccc(CN(C3CCCCC3)C3CCCCC3)cn2)nc(-c2nccs2)c1. The summed E-state index contributed by atoms with van der Waals surface area (Å²) in [6.45, 7) is 1.03. The van der Waals surface area contributed by atoms with E-state index in [1.807, 2.05) is 36.0 Å². The average Bonchev–Trinajstić information content (AvgIpc) is 3.40. The third kappa shape index (κ3) is 5.36. The molecule has 0 atom stereocenters. The largest absolute Gasteiger partial charge is 0.325 e. The van der Waals surface area contributed by atoms with Crippen LogP contribution < -0.4 is 5.32 Å². The van der Waals surface area contributed by atoms with E-state index in [1.54, 1.807) is 11.3 Å². The van der Waals surface area contributed by atoms with Gasteiger partial charge in [-0.25, -0.2) is 15.0 Å². The van der Waals surface area contributed by atoms with Crippen LogP contribution in [0.15, 0.2) is 48.1 Å². The van der Waals surface area contributed by atoms with Gasteiger partial charge in [0.25, 0.3) is 0 Å². The van der Waals surface area contributed by atoms with Crippen LogP contribution in [0.25, 0.3) is 10.7 Å². The van der Waals surface area contributed by atoms with Gasteiger partial charge in [0, 0.05) is 36.4 Å². The molecule has 0 bridgehead atoms. The number of aromatic nitrogens is 3. The lowest BCUT2D eigenvalue weighted by molar-refractivity contribution is 0.0730. The molecule has 3 heterocycles. The molecule has 0 aliphatic heterocycles. The van der Waals surface area contributed by atoms with Crippen molar-refractivity contribution in [1.82, 2.24) is 19.9 Å². The second-order valence-corrected chi connectivity index (χ2v) is 10.1. The van der Waals surface area contributed by atoms with Crippen LogP contribution in [0.1, 0.15) is 69.8 Å². The second-order valence-electron chi connectivity index (χ2n) is 9.18. The summed E-state index contributed by atoms with van der Waals surface area (Å²) in [6, 6.07) is 11.8. The van der Waals surface area contributed by atoms with Gasteiger partial charge >= 0.3 is 0 Å². The number of rotatable bonds is 7. The van der Waals surface area contributed by atoms with Crippen molar-refractivity contribution in [2.75, 3.05) is 5.32 Å². The second kappa shape index (κ2) is 10.5. The Kier molecular flexibility index (Phi) is 7.09. The van der Waals surface area contributed by atoms with Crippen molar-refractivity contribution in [2.45, 2.75) is 82.8 Å². The third-order valence-corrected chi connectivity index (χ3v) is 7.73. The van der Waals surface area contributed by atoms with Crippen molar-refractivity contribution >= 4 is 23.0 Å². The van der Waals surface area contributed by atoms with Crippen LogP contribution in [0, 0.1) is 0 Å². The number of nitrogens with zero attached hydrogens (tertiary/aromatic N) is 4. The first-order chi connectivity index (χ1) is 15.8. The fourth-order valence-electron chi connectivity index (χ4n) is 5.29. The van der Waals surface area contributed by atoms with Gasteiger partial charge in [-0.2, -0.15) is 0 Å². The average molecular weight is 448 g/mol. The quantitative estimate of drug-likeness (QED) is 0.431. The van der Waals surface area contributed by atoms with Gasteiger partial charge in [0.1, 0.15) is 22.3 Å². The van der Waals surface area contributed by atoms with E-state index in [4.69, 9.17) is 9.97 Å². The highest BCUT2D eigenvalue weighted by molar-refractivity contribution is 7.13. The molecule has 0 spiro atoms. The van der Waals surface area contributed by atoms with E-state index in [1.165, 1.54) is 69.8 Å². The van der Waals surface area contributed by atoms with Crippen LogP contribution in [0.2, 0.25) is 0 Å². The molecular weight excluding hydrogens is 414 g/mol. The highest BCUT2D eigenvalue weighted by atomic mass is 32.1. The number of pyridine rings is 2. The van der Waals surface area contributed by atoms with Gasteiger partial charge in [-0.1, -0.05) is 50.7 Å². The number of hydrogen-bond acceptors (Lipinski definition) is 6. The van der Waals surface area contributed by atoms with Crippen LogP contribution in [-0.4, -0.2) is 31.9 Å². The Balaban J connectivity index is 1.26. The maximum atomic E-state index is 4.72. The molecule has 2 fully saturated rings. The number of anilines is 2. The van der Waals surface area contributed by atoms with Gasteiger partial charge in [-0.05, 0) is 49.4 Å². The minimum atomic E-state index is 0.752. The first kappa shape index (κ1) is 21.5. The molecule has 32 heavy (non-hydrogen) atoms. The number of nitrogens with one attached hydrogen (secondary N) is 1. The molecule has 5 rings (SSSR count). The van der Waals surface area contributed by atoms with Gasteiger partial charge < -0.3 is 5.32 Å². The molecule has 0 saturated heterocycles. The van der Waals surface area contributed by atoms with Crippen molar-refractivity contribution in [1.29, 1.82) is 0 Å². The van der Waals surface area contributed by atoms with Crippen molar-refractivity contribution in [3.8, 4) is 10.7 Å². The summed E-state index contributed by atoms with van der Waals surface area (Å²) in [5, 5.41) is 6.26. The standard InChI is InChI=1S/C26H33N5S/c1-3-8-21(9-4-1)31(22-10-5-2-6-11-22)19-20-14-15-24(28-18-20)30-25-13-7-12-23(29-25)26-27-16-17-32-26/h7,12-18,21-22H,1-6,8-11,19H2,(H,28,29,30). The molecular formula is C26H33N5S. The molecule has 3 aromatic rings. The predicted molar refractivity (Wildman–Crippen MR) is 132 cm³/mol. The minimum Gasteiger partial charge on any atom is -0.325 e. The molecule has 6 heteroatoms. The van der Waals surface area contributed by atoms with Crippen molar-refractivity contribution in [3.63, 3.8) is 0 Å². The Morgan fingerprint density at radius 2 is 1.59 bits per heavy atom. The van der Waals surface area contributed by atoms with E-state index in [2.05, 4.69) is 27.3 Å². The zero-order valence-electron chi connectivity index (χ0n) is 18.7. The molecule has 2 aliphatic rings. The topological polar surface area (TPSA) is 53.9 Å². The first-order valence-corrected chi connectivity index (χ1v) is 13.1. The summed E-state index contributed by atoms with van der Waals surface area (Å²) < 4.78 is 0. The van der Waals surface area contributed by atoms with E-state index < -0.39 is 0 Å². The fourth-order valence-corrected chi connectivity index (χ4v) is 5.90. The molecule has 5 nitrogen and oxygen atoms in total. The van der Waals surface area contributed by atoms with Gasteiger partial charge in [0.15, 0.2) is 0 Å². The third-order valence-electron chi connectivity index (χ3n) is 6.93. The zero-order valence-corrected chi connectivity index (χ0v) is 19.6.